The normalized spacial score (nSPS) is 14.3. The molecule has 2 aromatic carbocycles. The zero-order valence-corrected chi connectivity index (χ0v) is 19.8. The first-order valence-electron chi connectivity index (χ1n) is 11.2. The highest BCUT2D eigenvalue weighted by molar-refractivity contribution is 7.16. The number of para-hydroxylation sites is 1. The molecular formula is C26H28FN3O2S. The van der Waals surface area contributed by atoms with Crippen LogP contribution in [0.5, 0.6) is 0 Å². The van der Waals surface area contributed by atoms with E-state index in [1.165, 1.54) is 17.4 Å². The lowest BCUT2D eigenvalue weighted by Crippen LogP contribution is -2.48. The van der Waals surface area contributed by atoms with Gasteiger partial charge in [0.15, 0.2) is 5.78 Å². The molecule has 33 heavy (non-hydrogen) atoms. The summed E-state index contributed by atoms with van der Waals surface area (Å²) in [6, 6.07) is 16.1. The second-order valence-electron chi connectivity index (χ2n) is 8.27. The lowest BCUT2D eigenvalue weighted by molar-refractivity contribution is -0.117. The molecule has 1 saturated heterocycles. The predicted octanol–water partition coefficient (Wildman–Crippen LogP) is 4.75. The molecule has 5 nitrogen and oxygen atoms in total. The van der Waals surface area contributed by atoms with Gasteiger partial charge in [0.05, 0.1) is 17.8 Å². The lowest BCUT2D eigenvalue weighted by Gasteiger charge is -2.35. The number of nitrogens with one attached hydrogen (secondary N) is 1. The van der Waals surface area contributed by atoms with Gasteiger partial charge in [-0.3, -0.25) is 14.5 Å². The molecule has 0 unspecified atom stereocenters. The van der Waals surface area contributed by atoms with Crippen LogP contribution in [-0.4, -0.2) is 49.3 Å². The molecule has 1 aliphatic heterocycles. The second kappa shape index (κ2) is 10.3. The number of halogens is 1. The van der Waals surface area contributed by atoms with E-state index in [1.54, 1.807) is 12.1 Å². The Labute approximate surface area is 197 Å². The van der Waals surface area contributed by atoms with Gasteiger partial charge in [-0.2, -0.15) is 0 Å². The summed E-state index contributed by atoms with van der Waals surface area (Å²) in [5.41, 5.74) is 2.85. The number of hydrogen-bond acceptors (Lipinski definition) is 5. The van der Waals surface area contributed by atoms with Gasteiger partial charge in [-0.1, -0.05) is 48.9 Å². The number of hydrogen-bond donors (Lipinski definition) is 1. The van der Waals surface area contributed by atoms with Gasteiger partial charge in [0.25, 0.3) is 0 Å². The van der Waals surface area contributed by atoms with E-state index in [-0.39, 0.29) is 24.1 Å². The predicted molar refractivity (Wildman–Crippen MR) is 132 cm³/mol. The van der Waals surface area contributed by atoms with E-state index >= 15 is 0 Å². The third kappa shape index (κ3) is 5.49. The molecule has 0 atom stereocenters. The molecule has 172 valence electrons. The average Bonchev–Trinajstić information content (AvgIpc) is 3.22. The molecule has 0 aliphatic carbocycles. The highest BCUT2D eigenvalue weighted by Crippen LogP contribution is 2.31. The minimum absolute atomic E-state index is 0.0836. The van der Waals surface area contributed by atoms with Crippen LogP contribution in [0, 0.1) is 12.7 Å². The third-order valence-corrected chi connectivity index (χ3v) is 7.07. The van der Waals surface area contributed by atoms with Crippen molar-refractivity contribution in [2.24, 2.45) is 0 Å². The fraction of sp³-hybridized carbons (Fsp3) is 0.308. The second-order valence-corrected chi connectivity index (χ2v) is 9.40. The standard InChI is InChI=1S/C26H28FN3O2S/c1-3-20-16-21(25(32)19-10-8-18(2)9-11-19)26(33-20)28-24(31)17-29-12-14-30(15-13-29)23-7-5-4-6-22(23)27/h4-11,16H,3,12-15,17H2,1-2H3,(H,28,31). The highest BCUT2D eigenvalue weighted by Gasteiger charge is 2.23. The Morgan fingerprint density at radius 2 is 1.73 bits per heavy atom. The molecule has 1 amide bonds. The Balaban J connectivity index is 1.39. The van der Waals surface area contributed by atoms with E-state index in [4.69, 9.17) is 0 Å². The van der Waals surface area contributed by atoms with E-state index in [9.17, 15) is 14.0 Å². The number of carbonyl (C=O) groups excluding carboxylic acids is 2. The van der Waals surface area contributed by atoms with Crippen molar-refractivity contribution in [2.75, 3.05) is 42.9 Å². The average molecular weight is 466 g/mol. The molecule has 3 aromatic rings. The first-order valence-corrected chi connectivity index (χ1v) is 12.0. The van der Waals surface area contributed by atoms with Crippen LogP contribution in [0.15, 0.2) is 54.6 Å². The van der Waals surface area contributed by atoms with E-state index in [1.807, 2.05) is 55.1 Å². The summed E-state index contributed by atoms with van der Waals surface area (Å²) in [4.78, 5) is 31.0. The number of thiophene rings is 1. The van der Waals surface area contributed by atoms with E-state index < -0.39 is 0 Å². The molecule has 0 radical (unpaired) electrons. The van der Waals surface area contributed by atoms with E-state index in [0.717, 1.165) is 16.9 Å². The maximum absolute atomic E-state index is 14.1. The first kappa shape index (κ1) is 23.1. The molecule has 0 bridgehead atoms. The van der Waals surface area contributed by atoms with E-state index in [0.29, 0.717) is 48.0 Å². The van der Waals surface area contributed by atoms with Gasteiger partial charge in [-0.05, 0) is 31.5 Å². The van der Waals surface area contributed by atoms with Gasteiger partial charge in [-0.15, -0.1) is 11.3 Å². The highest BCUT2D eigenvalue weighted by atomic mass is 32.1. The summed E-state index contributed by atoms with van der Waals surface area (Å²) in [5, 5.41) is 3.57. The SMILES string of the molecule is CCc1cc(C(=O)c2ccc(C)cc2)c(NC(=O)CN2CCN(c3ccccc3F)CC2)s1. The maximum Gasteiger partial charge on any atom is 0.239 e. The summed E-state index contributed by atoms with van der Waals surface area (Å²) >= 11 is 1.45. The van der Waals surface area contributed by atoms with Crippen LogP contribution in [0.25, 0.3) is 0 Å². The topological polar surface area (TPSA) is 52.7 Å². The summed E-state index contributed by atoms with van der Waals surface area (Å²) in [6.45, 7) is 6.91. The zero-order valence-electron chi connectivity index (χ0n) is 18.9. The third-order valence-electron chi connectivity index (χ3n) is 5.88. The lowest BCUT2D eigenvalue weighted by atomic mass is 10.0. The van der Waals surface area contributed by atoms with Crippen molar-refractivity contribution in [1.82, 2.24) is 4.90 Å². The van der Waals surface area contributed by atoms with Crippen LogP contribution >= 0.6 is 11.3 Å². The van der Waals surface area contributed by atoms with Gasteiger partial charge in [-0.25, -0.2) is 4.39 Å². The zero-order chi connectivity index (χ0) is 23.4. The van der Waals surface area contributed by atoms with Crippen LogP contribution in [0.2, 0.25) is 0 Å². The summed E-state index contributed by atoms with van der Waals surface area (Å²) < 4.78 is 14.1. The molecule has 1 N–H and O–H groups in total. The van der Waals surface area contributed by atoms with Crippen molar-refractivity contribution in [3.63, 3.8) is 0 Å². The van der Waals surface area contributed by atoms with Crippen molar-refractivity contribution in [3.8, 4) is 0 Å². The number of piperazine rings is 1. The van der Waals surface area contributed by atoms with Crippen molar-refractivity contribution in [2.45, 2.75) is 20.3 Å². The van der Waals surface area contributed by atoms with Gasteiger partial charge >= 0.3 is 0 Å². The van der Waals surface area contributed by atoms with Crippen molar-refractivity contribution in [1.29, 1.82) is 0 Å². The van der Waals surface area contributed by atoms with Crippen LogP contribution in [0.4, 0.5) is 15.1 Å². The Morgan fingerprint density at radius 3 is 2.39 bits per heavy atom. The van der Waals surface area contributed by atoms with Crippen molar-refractivity contribution >= 4 is 33.7 Å². The first-order chi connectivity index (χ1) is 15.9. The molecule has 7 heteroatoms. The Bertz CT molecular complexity index is 1130. The number of anilines is 2. The summed E-state index contributed by atoms with van der Waals surface area (Å²) in [6.07, 6.45) is 0.798. The van der Waals surface area contributed by atoms with Gasteiger partial charge in [0.2, 0.25) is 5.91 Å². The quantitative estimate of drug-likeness (QED) is 0.512. The van der Waals surface area contributed by atoms with Crippen LogP contribution in [-0.2, 0) is 11.2 Å². The molecule has 1 aliphatic rings. The molecule has 1 fully saturated rings. The fourth-order valence-corrected chi connectivity index (χ4v) is 4.97. The number of amides is 1. The number of carbonyl (C=O) groups is 2. The number of benzene rings is 2. The largest absolute Gasteiger partial charge is 0.367 e. The number of aryl methyl sites for hydroxylation is 2. The molecule has 0 saturated carbocycles. The van der Waals surface area contributed by atoms with Gasteiger partial charge in [0, 0.05) is 36.6 Å². The number of rotatable bonds is 7. The fourth-order valence-electron chi connectivity index (χ4n) is 3.96. The number of ketones is 1. The Hall–Kier alpha value is -3.03. The van der Waals surface area contributed by atoms with Crippen LogP contribution in [0.1, 0.15) is 33.3 Å². The van der Waals surface area contributed by atoms with Crippen molar-refractivity contribution in [3.05, 3.63) is 82.0 Å². The molecule has 4 rings (SSSR count). The maximum atomic E-state index is 14.1. The Kier molecular flexibility index (Phi) is 7.20. The monoisotopic (exact) mass is 465 g/mol. The van der Waals surface area contributed by atoms with Crippen molar-refractivity contribution < 1.29 is 14.0 Å². The van der Waals surface area contributed by atoms with Gasteiger partial charge in [0.1, 0.15) is 10.8 Å². The van der Waals surface area contributed by atoms with Gasteiger partial charge < -0.3 is 10.2 Å². The smallest absolute Gasteiger partial charge is 0.239 e. The summed E-state index contributed by atoms with van der Waals surface area (Å²) in [7, 11) is 0. The minimum atomic E-state index is -0.223. The Morgan fingerprint density at radius 1 is 1.03 bits per heavy atom. The van der Waals surface area contributed by atoms with Crippen LogP contribution in [0.3, 0.4) is 0 Å². The summed E-state index contributed by atoms with van der Waals surface area (Å²) in [5.74, 6) is -0.449. The van der Waals surface area contributed by atoms with E-state index in [2.05, 4.69) is 10.2 Å². The minimum Gasteiger partial charge on any atom is -0.367 e. The molecule has 2 heterocycles. The molecule has 0 spiro atoms. The molecular weight excluding hydrogens is 437 g/mol. The number of nitrogens with zero attached hydrogens (tertiary/aromatic N) is 2. The van der Waals surface area contributed by atoms with Crippen LogP contribution < -0.4 is 10.2 Å². The molecule has 1 aromatic heterocycles.